The highest BCUT2D eigenvalue weighted by atomic mass is 16.5. The summed E-state index contributed by atoms with van der Waals surface area (Å²) in [6, 6.07) is 4.23. The van der Waals surface area contributed by atoms with Gasteiger partial charge in [-0.15, -0.1) is 0 Å². The van der Waals surface area contributed by atoms with Crippen molar-refractivity contribution in [3.63, 3.8) is 0 Å². The summed E-state index contributed by atoms with van der Waals surface area (Å²) in [7, 11) is 0. The van der Waals surface area contributed by atoms with Crippen LogP contribution >= 0.6 is 0 Å². The minimum atomic E-state index is -1.06. The highest BCUT2D eigenvalue weighted by Crippen LogP contribution is 2.30. The summed E-state index contributed by atoms with van der Waals surface area (Å²) >= 11 is 0. The zero-order chi connectivity index (χ0) is 19.7. The van der Waals surface area contributed by atoms with E-state index in [-0.39, 0.29) is 17.6 Å². The lowest BCUT2D eigenvalue weighted by Crippen LogP contribution is -2.48. The Hall–Kier alpha value is -2.61. The predicted octanol–water partition coefficient (Wildman–Crippen LogP) is 2.05. The van der Waals surface area contributed by atoms with Crippen molar-refractivity contribution in [3.8, 4) is 0 Å². The Balaban J connectivity index is 1.57. The minimum absolute atomic E-state index is 0.165. The van der Waals surface area contributed by atoms with Gasteiger partial charge < -0.3 is 20.1 Å². The van der Waals surface area contributed by atoms with E-state index in [9.17, 15) is 19.5 Å². The highest BCUT2D eigenvalue weighted by Gasteiger charge is 2.31. The molecule has 1 saturated carbocycles. The van der Waals surface area contributed by atoms with E-state index in [1.54, 1.807) is 22.8 Å². The molecule has 1 aromatic heterocycles. The van der Waals surface area contributed by atoms with Crippen molar-refractivity contribution in [1.82, 2.24) is 14.9 Å². The fraction of sp³-hybridized carbons (Fsp3) is 0.550. The number of hydrogen-bond donors (Lipinski definition) is 3. The summed E-state index contributed by atoms with van der Waals surface area (Å²) < 4.78 is 7.15. The van der Waals surface area contributed by atoms with Crippen LogP contribution in [0.25, 0.3) is 11.0 Å². The van der Waals surface area contributed by atoms with E-state index in [1.165, 1.54) is 0 Å². The number of rotatable bonds is 5. The van der Waals surface area contributed by atoms with E-state index in [0.717, 1.165) is 37.6 Å². The Kier molecular flexibility index (Phi) is 5.21. The first-order chi connectivity index (χ1) is 13.5. The summed E-state index contributed by atoms with van der Waals surface area (Å²) in [5.41, 5.74) is 1.54. The number of hydrogen-bond acceptors (Lipinski definition) is 4. The van der Waals surface area contributed by atoms with Crippen LogP contribution < -0.4 is 11.0 Å². The van der Waals surface area contributed by atoms with Gasteiger partial charge in [0.1, 0.15) is 6.04 Å². The predicted molar refractivity (Wildman–Crippen MR) is 102 cm³/mol. The average Bonchev–Trinajstić information content (AvgIpc) is 3.32. The number of H-pyrrole nitrogens is 1. The van der Waals surface area contributed by atoms with Gasteiger partial charge in [0.2, 0.25) is 0 Å². The van der Waals surface area contributed by atoms with E-state index < -0.39 is 17.9 Å². The monoisotopic (exact) mass is 387 g/mol. The summed E-state index contributed by atoms with van der Waals surface area (Å²) in [6.07, 6.45) is 5.69. The van der Waals surface area contributed by atoms with Crippen molar-refractivity contribution >= 4 is 22.9 Å². The van der Waals surface area contributed by atoms with E-state index >= 15 is 0 Å². The zero-order valence-corrected chi connectivity index (χ0v) is 15.6. The first kappa shape index (κ1) is 18.7. The molecule has 1 saturated heterocycles. The molecule has 2 heterocycles. The first-order valence-corrected chi connectivity index (χ1v) is 9.90. The second kappa shape index (κ2) is 7.79. The van der Waals surface area contributed by atoms with Crippen LogP contribution in [0.1, 0.15) is 54.9 Å². The van der Waals surface area contributed by atoms with Gasteiger partial charge >= 0.3 is 11.7 Å². The molecule has 2 atom stereocenters. The molecular formula is C20H25N3O5. The van der Waals surface area contributed by atoms with E-state index in [4.69, 9.17) is 4.74 Å². The number of aromatic amines is 1. The number of fused-ring (bicyclic) bond motifs is 1. The molecule has 8 heteroatoms. The molecule has 2 aromatic rings. The van der Waals surface area contributed by atoms with Crippen LogP contribution in [-0.4, -0.2) is 45.8 Å². The van der Waals surface area contributed by atoms with Crippen LogP contribution in [0.5, 0.6) is 0 Å². The molecule has 2 fully saturated rings. The minimum Gasteiger partial charge on any atom is -0.480 e. The molecule has 0 radical (unpaired) electrons. The van der Waals surface area contributed by atoms with Gasteiger partial charge in [-0.3, -0.25) is 9.36 Å². The van der Waals surface area contributed by atoms with Crippen LogP contribution in [0, 0.1) is 5.92 Å². The molecule has 2 unspecified atom stereocenters. The number of carbonyl (C=O) groups excluding carboxylic acids is 1. The highest BCUT2D eigenvalue weighted by molar-refractivity contribution is 5.99. The number of carboxylic acids is 1. The summed E-state index contributed by atoms with van der Waals surface area (Å²) in [4.78, 5) is 39.6. The number of benzene rings is 1. The van der Waals surface area contributed by atoms with Gasteiger partial charge in [-0.1, -0.05) is 12.8 Å². The summed E-state index contributed by atoms with van der Waals surface area (Å²) in [5, 5.41) is 12.2. The molecule has 0 spiro atoms. The van der Waals surface area contributed by atoms with E-state index in [1.807, 2.05) is 0 Å². The van der Waals surface area contributed by atoms with Crippen LogP contribution in [0.2, 0.25) is 0 Å². The Morgan fingerprint density at radius 1 is 1.21 bits per heavy atom. The standard InChI is InChI=1S/C20H25N3O5/c24-18(22-17(19(25)26)13-4-3-9-28-11-13)12-7-8-16-15(10-12)21-20(27)23(16)14-5-1-2-6-14/h7-8,10,13-14,17H,1-6,9,11H2,(H,21,27)(H,22,24)(H,25,26). The largest absolute Gasteiger partial charge is 0.480 e. The number of aliphatic carboxylic acids is 1. The second-order valence-corrected chi connectivity index (χ2v) is 7.74. The average molecular weight is 387 g/mol. The fourth-order valence-corrected chi connectivity index (χ4v) is 4.43. The Morgan fingerprint density at radius 3 is 2.68 bits per heavy atom. The van der Waals surface area contributed by atoms with Crippen molar-refractivity contribution in [2.45, 2.75) is 50.6 Å². The number of amides is 1. The number of nitrogens with zero attached hydrogens (tertiary/aromatic N) is 1. The normalized spacial score (nSPS) is 21.6. The second-order valence-electron chi connectivity index (χ2n) is 7.74. The van der Waals surface area contributed by atoms with Crippen molar-refractivity contribution in [2.75, 3.05) is 13.2 Å². The van der Waals surface area contributed by atoms with Crippen LogP contribution in [-0.2, 0) is 9.53 Å². The third kappa shape index (κ3) is 3.56. The number of imidazole rings is 1. The van der Waals surface area contributed by atoms with Gasteiger partial charge in [0, 0.05) is 24.1 Å². The smallest absolute Gasteiger partial charge is 0.326 e. The first-order valence-electron chi connectivity index (χ1n) is 9.90. The van der Waals surface area contributed by atoms with E-state index in [0.29, 0.717) is 30.7 Å². The lowest BCUT2D eigenvalue weighted by molar-refractivity contribution is -0.142. The third-order valence-electron chi connectivity index (χ3n) is 5.89. The third-order valence-corrected chi connectivity index (χ3v) is 5.89. The molecule has 1 aliphatic heterocycles. The molecule has 4 rings (SSSR count). The fourth-order valence-electron chi connectivity index (χ4n) is 4.43. The molecule has 1 amide bonds. The maximum atomic E-state index is 12.7. The lowest BCUT2D eigenvalue weighted by atomic mass is 9.93. The zero-order valence-electron chi connectivity index (χ0n) is 15.6. The van der Waals surface area contributed by atoms with Gasteiger partial charge in [0.25, 0.3) is 5.91 Å². The SMILES string of the molecule is O=C(NC(C(=O)O)C1CCCOC1)c1ccc2c(c1)[nH]c(=O)n2C1CCCC1. The quantitative estimate of drug-likeness (QED) is 0.727. The molecule has 150 valence electrons. The maximum absolute atomic E-state index is 12.7. The summed E-state index contributed by atoms with van der Waals surface area (Å²) in [6.45, 7) is 0.951. The molecule has 2 aliphatic rings. The number of carboxylic acid groups (broad SMARTS) is 1. The Bertz CT molecular complexity index is 935. The number of aromatic nitrogens is 2. The van der Waals surface area contributed by atoms with Crippen molar-refractivity contribution < 1.29 is 19.4 Å². The molecule has 1 aliphatic carbocycles. The number of carbonyl (C=O) groups is 2. The topological polar surface area (TPSA) is 113 Å². The van der Waals surface area contributed by atoms with Crippen LogP contribution in [0.15, 0.2) is 23.0 Å². The molecule has 3 N–H and O–H groups in total. The van der Waals surface area contributed by atoms with Gasteiger partial charge in [-0.2, -0.15) is 0 Å². The van der Waals surface area contributed by atoms with Crippen molar-refractivity contribution in [1.29, 1.82) is 0 Å². The summed E-state index contributed by atoms with van der Waals surface area (Å²) in [5.74, 6) is -1.78. The van der Waals surface area contributed by atoms with Crippen LogP contribution in [0.3, 0.4) is 0 Å². The molecule has 28 heavy (non-hydrogen) atoms. The number of nitrogens with one attached hydrogen (secondary N) is 2. The van der Waals surface area contributed by atoms with Crippen LogP contribution in [0.4, 0.5) is 0 Å². The maximum Gasteiger partial charge on any atom is 0.326 e. The molecular weight excluding hydrogens is 362 g/mol. The molecule has 1 aromatic carbocycles. The van der Waals surface area contributed by atoms with Gasteiger partial charge in [-0.05, 0) is 43.9 Å². The van der Waals surface area contributed by atoms with Crippen molar-refractivity contribution in [3.05, 3.63) is 34.2 Å². The Labute approximate surface area is 161 Å². The van der Waals surface area contributed by atoms with Gasteiger partial charge in [0.15, 0.2) is 0 Å². The van der Waals surface area contributed by atoms with E-state index in [2.05, 4.69) is 10.3 Å². The van der Waals surface area contributed by atoms with Crippen molar-refractivity contribution in [2.24, 2.45) is 5.92 Å². The van der Waals surface area contributed by atoms with Gasteiger partial charge in [0.05, 0.1) is 17.6 Å². The lowest BCUT2D eigenvalue weighted by Gasteiger charge is -2.28. The molecule has 8 nitrogen and oxygen atoms in total. The number of ether oxygens (including phenoxy) is 1. The molecule has 0 bridgehead atoms. The van der Waals surface area contributed by atoms with Gasteiger partial charge in [-0.25, -0.2) is 9.59 Å². The Morgan fingerprint density at radius 2 is 2.00 bits per heavy atom.